The van der Waals surface area contributed by atoms with Gasteiger partial charge in [0.25, 0.3) is 0 Å². The summed E-state index contributed by atoms with van der Waals surface area (Å²) in [6.45, 7) is 6.11. The number of nitrogens with zero attached hydrogens (tertiary/aromatic N) is 4. The van der Waals surface area contributed by atoms with E-state index in [1.807, 2.05) is 41.7 Å². The Balaban J connectivity index is 1.49. The zero-order chi connectivity index (χ0) is 20.8. The minimum absolute atomic E-state index is 0.0316. The van der Waals surface area contributed by atoms with Crippen molar-refractivity contribution in [3.05, 3.63) is 84.4 Å². The van der Waals surface area contributed by atoms with Crippen LogP contribution < -0.4 is 0 Å². The van der Waals surface area contributed by atoms with Crippen LogP contribution in [0, 0.1) is 5.92 Å². The van der Waals surface area contributed by atoms with Crippen molar-refractivity contribution in [2.45, 2.75) is 19.9 Å². The lowest BCUT2D eigenvalue weighted by atomic mass is 9.95. The van der Waals surface area contributed by atoms with E-state index >= 15 is 0 Å². The first kappa shape index (κ1) is 20.2. The standard InChI is InChI=1S/C25H28N4O/c1-2-29-15-14-28(18-21-4-3-11-27-17-21)19-24(25(29)30)16-20-5-7-22(8-6-20)23-9-12-26-13-10-23/h3-13,17,24H,2,14-16,18-19H2,1H3/t24-/m1/s1. The first-order chi connectivity index (χ1) is 14.7. The second-order valence-electron chi connectivity index (χ2n) is 7.85. The third kappa shape index (κ3) is 4.92. The van der Waals surface area contributed by atoms with Crippen molar-refractivity contribution in [2.75, 3.05) is 26.2 Å². The first-order valence-electron chi connectivity index (χ1n) is 10.6. The predicted molar refractivity (Wildman–Crippen MR) is 119 cm³/mol. The molecule has 0 spiro atoms. The molecule has 30 heavy (non-hydrogen) atoms. The smallest absolute Gasteiger partial charge is 0.227 e. The molecule has 3 heterocycles. The lowest BCUT2D eigenvalue weighted by molar-refractivity contribution is -0.134. The van der Waals surface area contributed by atoms with E-state index in [1.54, 1.807) is 6.20 Å². The van der Waals surface area contributed by atoms with Gasteiger partial charge in [-0.05, 0) is 53.8 Å². The fourth-order valence-electron chi connectivity index (χ4n) is 4.13. The maximum absolute atomic E-state index is 13.1. The quantitative estimate of drug-likeness (QED) is 0.634. The number of likely N-dealkylation sites (N-methyl/N-ethyl adjacent to an activating group) is 1. The maximum Gasteiger partial charge on any atom is 0.227 e. The van der Waals surface area contributed by atoms with E-state index in [9.17, 15) is 4.79 Å². The highest BCUT2D eigenvalue weighted by Crippen LogP contribution is 2.22. The van der Waals surface area contributed by atoms with Crippen LogP contribution in [0.2, 0.25) is 0 Å². The van der Waals surface area contributed by atoms with E-state index in [-0.39, 0.29) is 11.8 Å². The molecule has 1 fully saturated rings. The minimum atomic E-state index is -0.0316. The van der Waals surface area contributed by atoms with Crippen LogP contribution in [0.5, 0.6) is 0 Å². The highest BCUT2D eigenvalue weighted by molar-refractivity contribution is 5.79. The average molecular weight is 401 g/mol. The van der Waals surface area contributed by atoms with Crippen LogP contribution in [0.15, 0.2) is 73.3 Å². The van der Waals surface area contributed by atoms with Gasteiger partial charge in [-0.25, -0.2) is 0 Å². The first-order valence-corrected chi connectivity index (χ1v) is 10.6. The Bertz CT molecular complexity index is 944. The SMILES string of the molecule is CCN1CCN(Cc2cccnc2)C[C@@H](Cc2ccc(-c3ccncc3)cc2)C1=O. The Morgan fingerprint density at radius 2 is 1.67 bits per heavy atom. The largest absolute Gasteiger partial charge is 0.341 e. The van der Waals surface area contributed by atoms with Gasteiger partial charge in [-0.15, -0.1) is 0 Å². The summed E-state index contributed by atoms with van der Waals surface area (Å²) in [6.07, 6.45) is 8.09. The summed E-state index contributed by atoms with van der Waals surface area (Å²) in [5, 5.41) is 0. The summed E-state index contributed by atoms with van der Waals surface area (Å²) in [7, 11) is 0. The number of hydrogen-bond acceptors (Lipinski definition) is 4. The summed E-state index contributed by atoms with van der Waals surface area (Å²) in [5.41, 5.74) is 4.71. The summed E-state index contributed by atoms with van der Waals surface area (Å²) in [5.74, 6) is 0.236. The van der Waals surface area contributed by atoms with E-state index < -0.39 is 0 Å². The predicted octanol–water partition coefficient (Wildman–Crippen LogP) is 3.67. The van der Waals surface area contributed by atoms with E-state index in [4.69, 9.17) is 0 Å². The van der Waals surface area contributed by atoms with E-state index in [0.717, 1.165) is 44.7 Å². The van der Waals surface area contributed by atoms with Gasteiger partial charge < -0.3 is 4.90 Å². The number of rotatable bonds is 6. The van der Waals surface area contributed by atoms with Gasteiger partial charge in [0.15, 0.2) is 0 Å². The fraction of sp³-hybridized carbons (Fsp3) is 0.320. The van der Waals surface area contributed by atoms with E-state index in [0.29, 0.717) is 0 Å². The van der Waals surface area contributed by atoms with Crippen LogP contribution >= 0.6 is 0 Å². The number of amides is 1. The summed E-state index contributed by atoms with van der Waals surface area (Å²) in [4.78, 5) is 25.9. The van der Waals surface area contributed by atoms with Gasteiger partial charge >= 0.3 is 0 Å². The van der Waals surface area contributed by atoms with Crippen LogP contribution in [0.4, 0.5) is 0 Å². The van der Waals surface area contributed by atoms with Gasteiger partial charge in [0.05, 0.1) is 5.92 Å². The Morgan fingerprint density at radius 1 is 0.900 bits per heavy atom. The molecule has 154 valence electrons. The number of carbonyl (C=O) groups excluding carboxylic acids is 1. The molecule has 0 radical (unpaired) electrons. The Morgan fingerprint density at radius 3 is 2.37 bits per heavy atom. The summed E-state index contributed by atoms with van der Waals surface area (Å²) < 4.78 is 0. The molecular weight excluding hydrogens is 372 g/mol. The zero-order valence-electron chi connectivity index (χ0n) is 17.4. The maximum atomic E-state index is 13.1. The normalized spacial score (nSPS) is 17.7. The number of aromatic nitrogens is 2. The zero-order valence-corrected chi connectivity index (χ0v) is 17.4. The Labute approximate surface area is 178 Å². The second-order valence-corrected chi connectivity index (χ2v) is 7.85. The van der Waals surface area contributed by atoms with Crippen molar-refractivity contribution in [2.24, 2.45) is 5.92 Å². The Hall–Kier alpha value is -3.05. The molecule has 1 saturated heterocycles. The van der Waals surface area contributed by atoms with Crippen molar-refractivity contribution in [1.82, 2.24) is 19.8 Å². The molecule has 1 aromatic carbocycles. The van der Waals surface area contributed by atoms with E-state index in [2.05, 4.69) is 52.1 Å². The van der Waals surface area contributed by atoms with Crippen molar-refractivity contribution >= 4 is 5.91 Å². The van der Waals surface area contributed by atoms with E-state index in [1.165, 1.54) is 16.7 Å². The molecule has 3 aromatic rings. The second kappa shape index (κ2) is 9.63. The molecule has 0 N–H and O–H groups in total. The topological polar surface area (TPSA) is 49.3 Å². The molecule has 1 aliphatic rings. The van der Waals surface area contributed by atoms with Crippen molar-refractivity contribution in [3.63, 3.8) is 0 Å². The van der Waals surface area contributed by atoms with Crippen LogP contribution in [0.1, 0.15) is 18.1 Å². The van der Waals surface area contributed by atoms with Gasteiger partial charge in [-0.2, -0.15) is 0 Å². The fourth-order valence-corrected chi connectivity index (χ4v) is 4.13. The summed E-state index contributed by atoms with van der Waals surface area (Å²) >= 11 is 0. The number of benzene rings is 1. The lowest BCUT2D eigenvalue weighted by Crippen LogP contribution is -2.37. The molecule has 5 nitrogen and oxygen atoms in total. The van der Waals surface area contributed by atoms with Gasteiger partial charge in [-0.3, -0.25) is 19.7 Å². The van der Waals surface area contributed by atoms with Gasteiger partial charge in [0.1, 0.15) is 0 Å². The number of carbonyl (C=O) groups is 1. The molecular formula is C25H28N4O. The molecule has 0 saturated carbocycles. The van der Waals surface area contributed by atoms with Crippen molar-refractivity contribution in [1.29, 1.82) is 0 Å². The molecule has 1 amide bonds. The lowest BCUT2D eigenvalue weighted by Gasteiger charge is -2.23. The van der Waals surface area contributed by atoms with Gasteiger partial charge in [0.2, 0.25) is 5.91 Å². The summed E-state index contributed by atoms with van der Waals surface area (Å²) in [6, 6.07) is 16.7. The Kier molecular flexibility index (Phi) is 6.50. The molecule has 1 atom stereocenters. The highest BCUT2D eigenvalue weighted by Gasteiger charge is 2.29. The van der Waals surface area contributed by atoms with Crippen LogP contribution in [-0.4, -0.2) is 51.9 Å². The molecule has 0 unspecified atom stereocenters. The molecule has 0 bridgehead atoms. The van der Waals surface area contributed by atoms with Crippen LogP contribution in [0.25, 0.3) is 11.1 Å². The van der Waals surface area contributed by atoms with Crippen molar-refractivity contribution < 1.29 is 4.79 Å². The molecule has 0 aliphatic carbocycles. The van der Waals surface area contributed by atoms with Crippen LogP contribution in [-0.2, 0) is 17.8 Å². The third-order valence-electron chi connectivity index (χ3n) is 5.79. The number of hydrogen-bond donors (Lipinski definition) is 0. The monoisotopic (exact) mass is 400 g/mol. The van der Waals surface area contributed by atoms with Crippen molar-refractivity contribution in [3.8, 4) is 11.1 Å². The minimum Gasteiger partial charge on any atom is -0.341 e. The number of pyridine rings is 2. The van der Waals surface area contributed by atoms with Crippen LogP contribution in [0.3, 0.4) is 0 Å². The molecule has 1 aliphatic heterocycles. The highest BCUT2D eigenvalue weighted by atomic mass is 16.2. The van der Waals surface area contributed by atoms with Gasteiger partial charge in [-0.1, -0.05) is 30.3 Å². The molecule has 4 rings (SSSR count). The third-order valence-corrected chi connectivity index (χ3v) is 5.79. The molecule has 5 heteroatoms. The van der Waals surface area contributed by atoms with Gasteiger partial charge in [0, 0.05) is 57.5 Å². The molecule has 2 aromatic heterocycles. The average Bonchev–Trinajstić information content (AvgIpc) is 2.94.